The minimum atomic E-state index is -0.523. The standard InChI is InChI=1S/C26H20FN3O3/c27-20-10-8-18(9-11-20)17-28-25(32)23-7-4-16-30(26(23)33)22-14-12-21(13-15-22)29-24(31)19-5-2-1-3-6-19/h1-16H,17H2,(H,28,32)(H,29,31). The molecule has 0 unspecified atom stereocenters. The molecule has 1 heterocycles. The van der Waals surface area contributed by atoms with Crippen molar-refractivity contribution in [1.29, 1.82) is 0 Å². The Bertz CT molecular complexity index is 1330. The Morgan fingerprint density at radius 3 is 2.18 bits per heavy atom. The summed E-state index contributed by atoms with van der Waals surface area (Å²) in [6.07, 6.45) is 1.57. The fraction of sp³-hybridized carbons (Fsp3) is 0.0385. The van der Waals surface area contributed by atoms with Gasteiger partial charge in [-0.15, -0.1) is 0 Å². The third kappa shape index (κ3) is 5.22. The van der Waals surface area contributed by atoms with Crippen LogP contribution in [0.15, 0.2) is 102 Å². The van der Waals surface area contributed by atoms with E-state index in [0.29, 0.717) is 22.5 Å². The van der Waals surface area contributed by atoms with Gasteiger partial charge >= 0.3 is 0 Å². The van der Waals surface area contributed by atoms with Crippen LogP contribution in [-0.4, -0.2) is 16.4 Å². The number of benzene rings is 3. The van der Waals surface area contributed by atoms with Gasteiger partial charge in [0.15, 0.2) is 0 Å². The number of carbonyl (C=O) groups excluding carboxylic acids is 2. The van der Waals surface area contributed by atoms with Gasteiger partial charge in [0.1, 0.15) is 11.4 Å². The number of hydrogen-bond donors (Lipinski definition) is 2. The summed E-state index contributed by atoms with van der Waals surface area (Å²) in [5, 5.41) is 5.48. The van der Waals surface area contributed by atoms with E-state index in [2.05, 4.69) is 10.6 Å². The highest BCUT2D eigenvalue weighted by molar-refractivity contribution is 6.04. The van der Waals surface area contributed by atoms with E-state index in [1.807, 2.05) is 6.07 Å². The van der Waals surface area contributed by atoms with Crippen LogP contribution in [0, 0.1) is 5.82 Å². The molecule has 4 rings (SSSR count). The first-order valence-electron chi connectivity index (χ1n) is 10.2. The first-order chi connectivity index (χ1) is 16.0. The number of pyridine rings is 1. The zero-order valence-electron chi connectivity index (χ0n) is 17.5. The largest absolute Gasteiger partial charge is 0.348 e. The summed E-state index contributed by atoms with van der Waals surface area (Å²) < 4.78 is 14.4. The van der Waals surface area contributed by atoms with E-state index in [-0.39, 0.29) is 23.8 Å². The van der Waals surface area contributed by atoms with Gasteiger partial charge in [0.25, 0.3) is 17.4 Å². The zero-order chi connectivity index (χ0) is 23.2. The topological polar surface area (TPSA) is 80.2 Å². The molecule has 2 N–H and O–H groups in total. The van der Waals surface area contributed by atoms with Crippen LogP contribution in [0.2, 0.25) is 0 Å². The smallest absolute Gasteiger partial charge is 0.267 e. The van der Waals surface area contributed by atoms with Crippen molar-refractivity contribution in [3.63, 3.8) is 0 Å². The Labute approximate surface area is 189 Å². The molecule has 4 aromatic rings. The molecule has 0 aliphatic heterocycles. The predicted octanol–water partition coefficient (Wildman–Crippen LogP) is 4.16. The Kier molecular flexibility index (Phi) is 6.40. The number of carbonyl (C=O) groups is 2. The molecule has 0 fully saturated rings. The minimum Gasteiger partial charge on any atom is -0.348 e. The van der Waals surface area contributed by atoms with Crippen LogP contribution in [-0.2, 0) is 6.54 Å². The molecule has 2 amide bonds. The van der Waals surface area contributed by atoms with Gasteiger partial charge in [-0.1, -0.05) is 30.3 Å². The van der Waals surface area contributed by atoms with Gasteiger partial charge in [-0.05, 0) is 66.2 Å². The Morgan fingerprint density at radius 2 is 1.48 bits per heavy atom. The molecule has 6 nitrogen and oxygen atoms in total. The SMILES string of the molecule is O=C(Nc1ccc(-n2cccc(C(=O)NCc3ccc(F)cc3)c2=O)cc1)c1ccccc1. The summed E-state index contributed by atoms with van der Waals surface area (Å²) in [5.41, 5.74) is 1.89. The average molecular weight is 441 g/mol. The molecule has 33 heavy (non-hydrogen) atoms. The van der Waals surface area contributed by atoms with Crippen molar-refractivity contribution in [2.75, 3.05) is 5.32 Å². The van der Waals surface area contributed by atoms with Gasteiger partial charge < -0.3 is 10.6 Å². The predicted molar refractivity (Wildman–Crippen MR) is 124 cm³/mol. The van der Waals surface area contributed by atoms with E-state index < -0.39 is 11.5 Å². The van der Waals surface area contributed by atoms with Gasteiger partial charge in [-0.2, -0.15) is 0 Å². The van der Waals surface area contributed by atoms with Crippen LogP contribution in [0.25, 0.3) is 5.69 Å². The maximum atomic E-state index is 13.0. The molecular weight excluding hydrogens is 421 g/mol. The number of amides is 2. The summed E-state index contributed by atoms with van der Waals surface area (Å²) in [6, 6.07) is 24.4. The molecule has 0 aliphatic rings. The fourth-order valence-corrected chi connectivity index (χ4v) is 3.25. The molecule has 0 saturated heterocycles. The van der Waals surface area contributed by atoms with E-state index in [1.54, 1.807) is 72.9 Å². The van der Waals surface area contributed by atoms with Gasteiger partial charge in [0.2, 0.25) is 0 Å². The summed E-state index contributed by atoms with van der Waals surface area (Å²) >= 11 is 0. The highest BCUT2D eigenvalue weighted by atomic mass is 19.1. The molecular formula is C26H20FN3O3. The second-order valence-electron chi connectivity index (χ2n) is 7.27. The first kappa shape index (κ1) is 21.7. The normalized spacial score (nSPS) is 10.5. The fourth-order valence-electron chi connectivity index (χ4n) is 3.25. The maximum Gasteiger partial charge on any atom is 0.267 e. The molecule has 3 aromatic carbocycles. The molecule has 0 aliphatic carbocycles. The first-order valence-corrected chi connectivity index (χ1v) is 10.2. The van der Waals surface area contributed by atoms with Crippen molar-refractivity contribution in [2.45, 2.75) is 6.54 Å². The summed E-state index contributed by atoms with van der Waals surface area (Å²) in [7, 11) is 0. The second-order valence-corrected chi connectivity index (χ2v) is 7.27. The summed E-state index contributed by atoms with van der Waals surface area (Å²) in [6.45, 7) is 0.170. The maximum absolute atomic E-state index is 13.0. The molecule has 0 saturated carbocycles. The van der Waals surface area contributed by atoms with E-state index in [1.165, 1.54) is 22.8 Å². The molecule has 0 radical (unpaired) electrons. The van der Waals surface area contributed by atoms with Crippen LogP contribution in [0.4, 0.5) is 10.1 Å². The molecule has 0 spiro atoms. The van der Waals surface area contributed by atoms with Crippen molar-refractivity contribution < 1.29 is 14.0 Å². The van der Waals surface area contributed by atoms with Crippen molar-refractivity contribution in [3.8, 4) is 5.69 Å². The average Bonchev–Trinajstić information content (AvgIpc) is 2.85. The van der Waals surface area contributed by atoms with Crippen LogP contribution >= 0.6 is 0 Å². The quantitative estimate of drug-likeness (QED) is 0.472. The Balaban J connectivity index is 1.47. The van der Waals surface area contributed by atoms with Gasteiger partial charge in [-0.3, -0.25) is 19.0 Å². The number of nitrogens with zero attached hydrogens (tertiary/aromatic N) is 1. The monoisotopic (exact) mass is 441 g/mol. The van der Waals surface area contributed by atoms with Gasteiger partial charge in [-0.25, -0.2) is 4.39 Å². The van der Waals surface area contributed by atoms with E-state index in [4.69, 9.17) is 0 Å². The van der Waals surface area contributed by atoms with E-state index >= 15 is 0 Å². The van der Waals surface area contributed by atoms with Crippen LogP contribution in [0.1, 0.15) is 26.3 Å². The van der Waals surface area contributed by atoms with Crippen LogP contribution in [0.3, 0.4) is 0 Å². The number of nitrogens with one attached hydrogen (secondary N) is 2. The number of hydrogen-bond acceptors (Lipinski definition) is 3. The summed E-state index contributed by atoms with van der Waals surface area (Å²) in [4.78, 5) is 37.7. The number of rotatable bonds is 6. The van der Waals surface area contributed by atoms with E-state index in [9.17, 15) is 18.8 Å². The van der Waals surface area contributed by atoms with Crippen LogP contribution in [0.5, 0.6) is 0 Å². The van der Waals surface area contributed by atoms with Gasteiger partial charge in [0, 0.05) is 29.7 Å². The highest BCUT2D eigenvalue weighted by Gasteiger charge is 2.13. The van der Waals surface area contributed by atoms with Crippen LogP contribution < -0.4 is 16.2 Å². The molecule has 7 heteroatoms. The highest BCUT2D eigenvalue weighted by Crippen LogP contribution is 2.14. The second kappa shape index (κ2) is 9.74. The molecule has 1 aromatic heterocycles. The lowest BCUT2D eigenvalue weighted by molar-refractivity contribution is 0.0948. The lowest BCUT2D eigenvalue weighted by atomic mass is 10.2. The molecule has 0 bridgehead atoms. The van der Waals surface area contributed by atoms with Crippen molar-refractivity contribution in [2.24, 2.45) is 0 Å². The number of aromatic nitrogens is 1. The number of anilines is 1. The van der Waals surface area contributed by atoms with Crippen molar-refractivity contribution in [1.82, 2.24) is 9.88 Å². The lowest BCUT2D eigenvalue weighted by Gasteiger charge is -2.10. The minimum absolute atomic E-state index is 0.0129. The Morgan fingerprint density at radius 1 is 0.788 bits per heavy atom. The van der Waals surface area contributed by atoms with Gasteiger partial charge in [0.05, 0.1) is 0 Å². The third-order valence-electron chi connectivity index (χ3n) is 5.00. The third-order valence-corrected chi connectivity index (χ3v) is 5.00. The molecule has 0 atom stereocenters. The number of halogens is 1. The zero-order valence-corrected chi connectivity index (χ0v) is 17.5. The lowest BCUT2D eigenvalue weighted by Crippen LogP contribution is -2.32. The molecule has 164 valence electrons. The van der Waals surface area contributed by atoms with E-state index in [0.717, 1.165) is 0 Å². The van der Waals surface area contributed by atoms with Crippen molar-refractivity contribution >= 4 is 17.5 Å². The van der Waals surface area contributed by atoms with Crippen molar-refractivity contribution in [3.05, 3.63) is 130 Å². The Hall–Kier alpha value is -4.52. The summed E-state index contributed by atoms with van der Waals surface area (Å²) in [5.74, 6) is -1.12.